The van der Waals surface area contributed by atoms with Crippen LogP contribution < -0.4 is 10.6 Å². The maximum Gasteiger partial charge on any atom is 0.407 e. The molecule has 1 aliphatic carbocycles. The number of ether oxygens (including phenoxy) is 1. The second-order valence-electron chi connectivity index (χ2n) is 8.18. The van der Waals surface area contributed by atoms with Crippen molar-refractivity contribution in [1.82, 2.24) is 10.6 Å². The number of alkyl carbamates (subject to hydrolysis) is 1. The third-order valence-electron chi connectivity index (χ3n) is 5.63. The maximum atomic E-state index is 12.5. The molecule has 2 amide bonds. The van der Waals surface area contributed by atoms with Gasteiger partial charge in [-0.05, 0) is 28.2 Å². The third-order valence-corrected chi connectivity index (χ3v) is 5.63. The van der Waals surface area contributed by atoms with Crippen molar-refractivity contribution in [2.45, 2.75) is 38.3 Å². The zero-order valence-electron chi connectivity index (χ0n) is 18.1. The number of aliphatic hydroxyl groups excluding tert-OH is 1. The Morgan fingerprint density at radius 2 is 1.56 bits per heavy atom. The number of carboxylic acids is 1. The normalized spacial score (nSPS) is 14.2. The topological polar surface area (TPSA) is 125 Å². The van der Waals surface area contributed by atoms with E-state index in [-0.39, 0.29) is 24.9 Å². The Bertz CT molecular complexity index is 944. The molecule has 0 aliphatic heterocycles. The van der Waals surface area contributed by atoms with Crippen LogP contribution in [0.1, 0.15) is 37.3 Å². The summed E-state index contributed by atoms with van der Waals surface area (Å²) in [5, 5.41) is 23.0. The quantitative estimate of drug-likeness (QED) is 0.475. The fourth-order valence-corrected chi connectivity index (χ4v) is 3.81. The van der Waals surface area contributed by atoms with Crippen LogP contribution in [-0.4, -0.2) is 53.5 Å². The Kier molecular flexibility index (Phi) is 7.48. The number of nitrogens with one attached hydrogen (secondary N) is 2. The van der Waals surface area contributed by atoms with E-state index in [9.17, 15) is 19.5 Å². The predicted molar refractivity (Wildman–Crippen MR) is 118 cm³/mol. The molecule has 0 bridgehead atoms. The number of aliphatic carboxylic acids is 1. The van der Waals surface area contributed by atoms with Gasteiger partial charge in [0.15, 0.2) is 6.10 Å². The molecule has 0 fully saturated rings. The second-order valence-corrected chi connectivity index (χ2v) is 8.18. The number of carbonyl (C=O) groups excluding carboxylic acids is 2. The van der Waals surface area contributed by atoms with E-state index in [1.165, 1.54) is 0 Å². The molecular formula is C24H28N2O6. The van der Waals surface area contributed by atoms with E-state index in [4.69, 9.17) is 9.84 Å². The Morgan fingerprint density at radius 3 is 2.09 bits per heavy atom. The van der Waals surface area contributed by atoms with Gasteiger partial charge in [-0.15, -0.1) is 0 Å². The van der Waals surface area contributed by atoms with Gasteiger partial charge in [-0.3, -0.25) is 4.79 Å². The summed E-state index contributed by atoms with van der Waals surface area (Å²) < 4.78 is 5.53. The fourth-order valence-electron chi connectivity index (χ4n) is 3.81. The van der Waals surface area contributed by atoms with Gasteiger partial charge in [-0.25, -0.2) is 9.59 Å². The van der Waals surface area contributed by atoms with Crippen LogP contribution in [-0.2, 0) is 14.3 Å². The Morgan fingerprint density at radius 1 is 1.00 bits per heavy atom. The summed E-state index contributed by atoms with van der Waals surface area (Å²) in [5.74, 6) is -2.01. The van der Waals surface area contributed by atoms with E-state index in [0.29, 0.717) is 0 Å². The summed E-state index contributed by atoms with van der Waals surface area (Å²) in [6.45, 7) is 3.48. The molecule has 170 valence electrons. The number of hydrogen-bond acceptors (Lipinski definition) is 5. The molecule has 3 rings (SSSR count). The van der Waals surface area contributed by atoms with Crippen LogP contribution in [0.2, 0.25) is 0 Å². The second kappa shape index (κ2) is 10.3. The molecular weight excluding hydrogens is 412 g/mol. The minimum atomic E-state index is -1.67. The van der Waals surface area contributed by atoms with Gasteiger partial charge in [0.1, 0.15) is 6.61 Å². The number of aliphatic hydroxyl groups is 1. The number of hydrogen-bond donors (Lipinski definition) is 4. The lowest BCUT2D eigenvalue weighted by molar-refractivity contribution is -0.146. The molecule has 0 spiro atoms. The number of rotatable bonds is 9. The first-order valence-electron chi connectivity index (χ1n) is 10.6. The minimum Gasteiger partial charge on any atom is -0.479 e. The zero-order chi connectivity index (χ0) is 23.3. The van der Waals surface area contributed by atoms with E-state index in [0.717, 1.165) is 22.3 Å². The van der Waals surface area contributed by atoms with E-state index in [2.05, 4.69) is 22.8 Å². The van der Waals surface area contributed by atoms with Gasteiger partial charge in [-0.1, -0.05) is 62.4 Å². The number of carbonyl (C=O) groups is 3. The van der Waals surface area contributed by atoms with Gasteiger partial charge in [0, 0.05) is 18.4 Å². The molecule has 4 N–H and O–H groups in total. The summed E-state index contributed by atoms with van der Waals surface area (Å²) in [5.41, 5.74) is 4.49. The first-order chi connectivity index (χ1) is 15.3. The van der Waals surface area contributed by atoms with Crippen molar-refractivity contribution < 1.29 is 29.3 Å². The molecule has 1 aliphatic rings. The summed E-state index contributed by atoms with van der Waals surface area (Å²) >= 11 is 0. The average molecular weight is 440 g/mol. The molecule has 2 aromatic carbocycles. The van der Waals surface area contributed by atoms with Crippen LogP contribution in [0.25, 0.3) is 11.1 Å². The van der Waals surface area contributed by atoms with Crippen molar-refractivity contribution in [3.8, 4) is 11.1 Å². The van der Waals surface area contributed by atoms with Crippen molar-refractivity contribution in [2.24, 2.45) is 5.92 Å². The maximum absolute atomic E-state index is 12.5. The molecule has 2 unspecified atom stereocenters. The first kappa shape index (κ1) is 23.3. The molecule has 0 saturated carbocycles. The lowest BCUT2D eigenvalue weighted by Crippen LogP contribution is -2.44. The van der Waals surface area contributed by atoms with Crippen molar-refractivity contribution in [3.05, 3.63) is 59.7 Å². The summed E-state index contributed by atoms with van der Waals surface area (Å²) in [6, 6.07) is 15.6. The molecule has 2 atom stereocenters. The van der Waals surface area contributed by atoms with Crippen molar-refractivity contribution >= 4 is 18.0 Å². The van der Waals surface area contributed by atoms with E-state index >= 15 is 0 Å². The van der Waals surface area contributed by atoms with E-state index in [1.54, 1.807) is 0 Å². The number of carboxylic acid groups (broad SMARTS) is 1. The van der Waals surface area contributed by atoms with Crippen molar-refractivity contribution in [2.75, 3.05) is 13.2 Å². The highest BCUT2D eigenvalue weighted by molar-refractivity contribution is 5.80. The molecule has 8 heteroatoms. The lowest BCUT2D eigenvalue weighted by atomic mass is 9.98. The van der Waals surface area contributed by atoms with Crippen LogP contribution in [0.4, 0.5) is 4.79 Å². The SMILES string of the molecule is CC(C)C(CC(=O)NCC(O)C(=O)O)NC(=O)OCC1c2ccccc2-c2ccccc21. The highest BCUT2D eigenvalue weighted by Gasteiger charge is 2.29. The Labute approximate surface area is 186 Å². The Hall–Kier alpha value is -3.39. The molecule has 0 saturated heterocycles. The average Bonchev–Trinajstić information content (AvgIpc) is 3.09. The standard InChI is InChI=1S/C24H28N2O6/c1-14(2)20(11-22(28)25-12-21(27)23(29)30)26-24(31)32-13-19-17-9-5-3-7-15(17)16-8-4-6-10-18(16)19/h3-10,14,19-21,27H,11-13H2,1-2H3,(H,25,28)(H,26,31)(H,29,30). The molecule has 0 radical (unpaired) electrons. The number of benzene rings is 2. The first-order valence-corrected chi connectivity index (χ1v) is 10.6. The number of amides is 2. The summed E-state index contributed by atoms with van der Waals surface area (Å²) in [6.07, 6.45) is -2.36. The van der Waals surface area contributed by atoms with Crippen LogP contribution in [0.3, 0.4) is 0 Å². The highest BCUT2D eigenvalue weighted by atomic mass is 16.5. The molecule has 32 heavy (non-hydrogen) atoms. The van der Waals surface area contributed by atoms with Gasteiger partial charge < -0.3 is 25.6 Å². The van der Waals surface area contributed by atoms with Gasteiger partial charge in [0.25, 0.3) is 0 Å². The largest absolute Gasteiger partial charge is 0.479 e. The molecule has 0 heterocycles. The zero-order valence-corrected chi connectivity index (χ0v) is 18.1. The van der Waals surface area contributed by atoms with Crippen molar-refractivity contribution in [3.63, 3.8) is 0 Å². The van der Waals surface area contributed by atoms with Gasteiger partial charge in [0.05, 0.1) is 6.54 Å². The van der Waals surface area contributed by atoms with Crippen LogP contribution >= 0.6 is 0 Å². The molecule has 0 aromatic heterocycles. The highest BCUT2D eigenvalue weighted by Crippen LogP contribution is 2.44. The number of fused-ring (bicyclic) bond motifs is 3. The van der Waals surface area contributed by atoms with Crippen molar-refractivity contribution in [1.29, 1.82) is 0 Å². The van der Waals surface area contributed by atoms with E-state index in [1.807, 2.05) is 50.2 Å². The predicted octanol–water partition coefficient (Wildman–Crippen LogP) is 2.50. The van der Waals surface area contributed by atoms with E-state index < -0.39 is 36.7 Å². The van der Waals surface area contributed by atoms with Gasteiger partial charge in [-0.2, -0.15) is 0 Å². The Balaban J connectivity index is 1.57. The smallest absolute Gasteiger partial charge is 0.407 e. The van der Waals surface area contributed by atoms with Crippen LogP contribution in [0.15, 0.2) is 48.5 Å². The fraction of sp³-hybridized carbons (Fsp3) is 0.375. The minimum absolute atomic E-state index is 0.0613. The monoisotopic (exact) mass is 440 g/mol. The molecule has 2 aromatic rings. The third kappa shape index (κ3) is 5.45. The van der Waals surface area contributed by atoms with Crippen LogP contribution in [0, 0.1) is 5.92 Å². The lowest BCUT2D eigenvalue weighted by Gasteiger charge is -2.22. The summed E-state index contributed by atoms with van der Waals surface area (Å²) in [4.78, 5) is 35.2. The van der Waals surface area contributed by atoms with Crippen LogP contribution in [0.5, 0.6) is 0 Å². The van der Waals surface area contributed by atoms with Gasteiger partial charge >= 0.3 is 12.1 Å². The summed E-state index contributed by atoms with van der Waals surface area (Å²) in [7, 11) is 0. The van der Waals surface area contributed by atoms with Gasteiger partial charge in [0.2, 0.25) is 5.91 Å². The molecule has 8 nitrogen and oxygen atoms in total.